The maximum atomic E-state index is 14.3. The Bertz CT molecular complexity index is 601. The molecular weight excluding hydrogens is 257 g/mol. The summed E-state index contributed by atoms with van der Waals surface area (Å²) in [6, 6.07) is 5.23. The van der Waals surface area contributed by atoms with Gasteiger partial charge >= 0.3 is 0 Å². The van der Waals surface area contributed by atoms with Gasteiger partial charge in [-0.1, -0.05) is 6.07 Å². The predicted molar refractivity (Wildman–Crippen MR) is 78.1 cm³/mol. The van der Waals surface area contributed by atoms with Gasteiger partial charge in [0, 0.05) is 31.7 Å². The van der Waals surface area contributed by atoms with E-state index in [2.05, 4.69) is 27.0 Å². The van der Waals surface area contributed by atoms with Crippen LogP contribution in [0, 0.1) is 5.82 Å². The lowest BCUT2D eigenvalue weighted by molar-refractivity contribution is 0.311. The highest BCUT2D eigenvalue weighted by molar-refractivity contribution is 5.74. The number of benzene rings is 1. The molecule has 1 saturated heterocycles. The van der Waals surface area contributed by atoms with Crippen LogP contribution >= 0.6 is 0 Å². The smallest absolute Gasteiger partial charge is 0.147 e. The van der Waals surface area contributed by atoms with Gasteiger partial charge in [0.05, 0.1) is 11.9 Å². The average Bonchev–Trinajstić information content (AvgIpc) is 2.86. The maximum absolute atomic E-state index is 14.3. The van der Waals surface area contributed by atoms with Crippen molar-refractivity contribution in [1.82, 2.24) is 15.1 Å². The number of nitrogens with two attached hydrogens (primary N) is 1. The molecule has 0 unspecified atom stereocenters. The summed E-state index contributed by atoms with van der Waals surface area (Å²) in [6.45, 7) is 3.60. The van der Waals surface area contributed by atoms with Gasteiger partial charge in [-0.3, -0.25) is 5.10 Å². The molecule has 2 aromatic rings. The number of rotatable bonds is 2. The Kier molecular flexibility index (Phi) is 3.31. The number of aromatic amines is 1. The highest BCUT2D eigenvalue weighted by Crippen LogP contribution is 2.29. The van der Waals surface area contributed by atoms with E-state index in [1.54, 1.807) is 6.20 Å². The third kappa shape index (κ3) is 2.34. The normalized spacial score (nSPS) is 16.6. The lowest BCUT2D eigenvalue weighted by Crippen LogP contribution is -2.44. The number of H-pyrrole nitrogens is 1. The summed E-state index contributed by atoms with van der Waals surface area (Å²) in [6.07, 6.45) is 1.61. The van der Waals surface area contributed by atoms with Gasteiger partial charge in [0.15, 0.2) is 0 Å². The molecule has 0 radical (unpaired) electrons. The summed E-state index contributed by atoms with van der Waals surface area (Å²) in [5.41, 5.74) is 7.89. The van der Waals surface area contributed by atoms with E-state index < -0.39 is 0 Å². The summed E-state index contributed by atoms with van der Waals surface area (Å²) in [5.74, 6) is 0.240. The molecule has 0 amide bonds. The fourth-order valence-electron chi connectivity index (χ4n) is 2.50. The second-order valence-corrected chi connectivity index (χ2v) is 5.15. The first-order valence-electron chi connectivity index (χ1n) is 6.67. The lowest BCUT2D eigenvalue weighted by Gasteiger charge is -2.34. The van der Waals surface area contributed by atoms with E-state index in [-0.39, 0.29) is 5.82 Å². The molecule has 5 nitrogen and oxygen atoms in total. The summed E-state index contributed by atoms with van der Waals surface area (Å²) >= 11 is 0. The van der Waals surface area contributed by atoms with Crippen molar-refractivity contribution in [3.8, 4) is 11.1 Å². The van der Waals surface area contributed by atoms with E-state index in [4.69, 9.17) is 5.73 Å². The first-order valence-corrected chi connectivity index (χ1v) is 6.67. The number of hydrogen-bond donors (Lipinski definition) is 2. The van der Waals surface area contributed by atoms with Crippen molar-refractivity contribution in [1.29, 1.82) is 0 Å². The molecule has 0 saturated carbocycles. The number of hydrogen-bond acceptors (Lipinski definition) is 4. The van der Waals surface area contributed by atoms with Crippen LogP contribution in [0.5, 0.6) is 0 Å². The molecule has 1 fully saturated rings. The minimum atomic E-state index is -0.215. The van der Waals surface area contributed by atoms with Crippen molar-refractivity contribution in [3.05, 3.63) is 30.2 Å². The minimum Gasteiger partial charge on any atom is -0.384 e. The highest BCUT2D eigenvalue weighted by Gasteiger charge is 2.18. The number of piperazine rings is 1. The molecule has 1 aliphatic heterocycles. The van der Waals surface area contributed by atoms with Gasteiger partial charge in [0.1, 0.15) is 11.6 Å². The highest BCUT2D eigenvalue weighted by atomic mass is 19.1. The van der Waals surface area contributed by atoms with E-state index >= 15 is 0 Å². The Balaban J connectivity index is 1.86. The molecule has 1 aromatic carbocycles. The van der Waals surface area contributed by atoms with Gasteiger partial charge < -0.3 is 15.5 Å². The second kappa shape index (κ2) is 5.13. The molecule has 6 heteroatoms. The van der Waals surface area contributed by atoms with Crippen molar-refractivity contribution in [3.63, 3.8) is 0 Å². The Morgan fingerprint density at radius 1 is 1.25 bits per heavy atom. The van der Waals surface area contributed by atoms with Crippen molar-refractivity contribution in [2.75, 3.05) is 43.9 Å². The fourth-order valence-corrected chi connectivity index (χ4v) is 2.50. The third-order valence-corrected chi connectivity index (χ3v) is 3.77. The fraction of sp³-hybridized carbons (Fsp3) is 0.357. The molecular formula is C14H18FN5. The number of aromatic nitrogens is 2. The first-order chi connectivity index (χ1) is 9.65. The standard InChI is InChI=1S/C14H18FN5/c1-19-4-6-20(7-5-19)13-3-2-10(8-12(13)15)11-9-17-18-14(11)16/h2-3,8-9H,4-7H2,1H3,(H3,16,17,18). The van der Waals surface area contributed by atoms with Crippen LogP contribution in [-0.2, 0) is 0 Å². The van der Waals surface area contributed by atoms with E-state index in [9.17, 15) is 4.39 Å². The van der Waals surface area contributed by atoms with Gasteiger partial charge in [-0.15, -0.1) is 0 Å². The Morgan fingerprint density at radius 3 is 2.60 bits per heavy atom. The van der Waals surface area contributed by atoms with Gasteiger partial charge in [0.25, 0.3) is 0 Å². The maximum Gasteiger partial charge on any atom is 0.147 e. The summed E-state index contributed by atoms with van der Waals surface area (Å²) in [5, 5.41) is 6.52. The Morgan fingerprint density at radius 2 is 2.00 bits per heavy atom. The second-order valence-electron chi connectivity index (χ2n) is 5.15. The van der Waals surface area contributed by atoms with E-state index in [0.29, 0.717) is 11.5 Å². The zero-order chi connectivity index (χ0) is 14.1. The molecule has 2 heterocycles. The number of anilines is 2. The molecule has 1 aliphatic rings. The SMILES string of the molecule is CN1CCN(c2ccc(-c3cn[nH]c3N)cc2F)CC1. The molecule has 0 atom stereocenters. The van der Waals surface area contributed by atoms with Crippen LogP contribution < -0.4 is 10.6 Å². The van der Waals surface area contributed by atoms with Crippen molar-refractivity contribution in [2.45, 2.75) is 0 Å². The molecule has 0 spiro atoms. The van der Waals surface area contributed by atoms with Crippen LogP contribution in [-0.4, -0.2) is 48.3 Å². The lowest BCUT2D eigenvalue weighted by atomic mass is 10.1. The van der Waals surface area contributed by atoms with Crippen molar-refractivity contribution >= 4 is 11.5 Å². The number of likely N-dealkylation sites (N-methyl/N-ethyl adjacent to an activating group) is 1. The number of nitrogens with one attached hydrogen (secondary N) is 1. The number of nitrogen functional groups attached to an aromatic ring is 1. The minimum absolute atomic E-state index is 0.215. The van der Waals surface area contributed by atoms with Gasteiger partial charge in [-0.2, -0.15) is 5.10 Å². The molecule has 1 aromatic heterocycles. The monoisotopic (exact) mass is 275 g/mol. The van der Waals surface area contributed by atoms with Crippen molar-refractivity contribution in [2.24, 2.45) is 0 Å². The zero-order valence-corrected chi connectivity index (χ0v) is 11.4. The van der Waals surface area contributed by atoms with Gasteiger partial charge in [-0.25, -0.2) is 4.39 Å². The Labute approximate surface area is 117 Å². The van der Waals surface area contributed by atoms with E-state index in [0.717, 1.165) is 37.3 Å². The van der Waals surface area contributed by atoms with Crippen LogP contribution in [0.3, 0.4) is 0 Å². The molecule has 3 rings (SSSR count). The largest absolute Gasteiger partial charge is 0.384 e. The predicted octanol–water partition coefficient (Wildman–Crippen LogP) is 1.55. The van der Waals surface area contributed by atoms with Crippen LogP contribution in [0.1, 0.15) is 0 Å². The Hall–Kier alpha value is -2.08. The first kappa shape index (κ1) is 12.9. The van der Waals surface area contributed by atoms with Crippen LogP contribution in [0.15, 0.2) is 24.4 Å². The third-order valence-electron chi connectivity index (χ3n) is 3.77. The average molecular weight is 275 g/mol. The molecule has 3 N–H and O–H groups in total. The molecule has 0 bridgehead atoms. The van der Waals surface area contributed by atoms with Crippen molar-refractivity contribution < 1.29 is 4.39 Å². The van der Waals surface area contributed by atoms with Gasteiger partial charge in [-0.05, 0) is 24.7 Å². The summed E-state index contributed by atoms with van der Waals surface area (Å²) in [7, 11) is 2.08. The quantitative estimate of drug-likeness (QED) is 0.873. The summed E-state index contributed by atoms with van der Waals surface area (Å²) < 4.78 is 14.3. The van der Waals surface area contributed by atoms with Crippen LogP contribution in [0.2, 0.25) is 0 Å². The van der Waals surface area contributed by atoms with Gasteiger partial charge in [0.2, 0.25) is 0 Å². The molecule has 0 aliphatic carbocycles. The zero-order valence-electron chi connectivity index (χ0n) is 11.4. The van der Waals surface area contributed by atoms with Crippen LogP contribution in [0.25, 0.3) is 11.1 Å². The number of halogens is 1. The van der Waals surface area contributed by atoms with E-state index in [1.807, 2.05) is 12.1 Å². The molecule has 20 heavy (non-hydrogen) atoms. The van der Waals surface area contributed by atoms with E-state index in [1.165, 1.54) is 6.07 Å². The van der Waals surface area contributed by atoms with Crippen LogP contribution in [0.4, 0.5) is 15.9 Å². The number of nitrogens with zero attached hydrogens (tertiary/aromatic N) is 3. The molecule has 106 valence electrons. The topological polar surface area (TPSA) is 61.2 Å². The summed E-state index contributed by atoms with van der Waals surface area (Å²) in [4.78, 5) is 4.33.